The Morgan fingerprint density at radius 2 is 1.97 bits per heavy atom. The minimum Gasteiger partial charge on any atom is -0.479 e. The number of anilines is 1. The molecule has 1 aromatic carbocycles. The summed E-state index contributed by atoms with van der Waals surface area (Å²) < 4.78 is 26.4. The Morgan fingerprint density at radius 3 is 2.61 bits per heavy atom. The Labute approximate surface area is 209 Å². The van der Waals surface area contributed by atoms with E-state index >= 15 is 0 Å². The van der Waals surface area contributed by atoms with Gasteiger partial charge in [0.2, 0.25) is 11.8 Å². The van der Waals surface area contributed by atoms with Crippen molar-refractivity contribution >= 4 is 23.4 Å². The average Bonchev–Trinajstić information content (AvgIpc) is 3.33. The maximum atomic E-state index is 14.9. The first-order valence-corrected chi connectivity index (χ1v) is 11.8. The van der Waals surface area contributed by atoms with Gasteiger partial charge in [0.15, 0.2) is 6.10 Å². The molecule has 3 heterocycles. The third kappa shape index (κ3) is 5.42. The number of aromatic nitrogens is 1. The number of nitrogens with zero attached hydrogens (tertiary/aromatic N) is 4. The fraction of sp³-hybridized carbons (Fsp3) is 0.462. The Morgan fingerprint density at radius 1 is 1.22 bits per heavy atom. The highest BCUT2D eigenvalue weighted by Gasteiger charge is 2.37. The lowest BCUT2D eigenvalue weighted by Gasteiger charge is -2.19. The van der Waals surface area contributed by atoms with Crippen LogP contribution in [-0.4, -0.2) is 72.4 Å². The maximum Gasteiger partial charge on any atom is 0.268 e. The summed E-state index contributed by atoms with van der Waals surface area (Å²) in [4.78, 5) is 46.3. The molecule has 1 aromatic heterocycles. The molecule has 0 radical (unpaired) electrons. The van der Waals surface area contributed by atoms with E-state index in [1.54, 1.807) is 26.2 Å². The standard InChI is InChI=1S/C26H31FN4O5/c1-26(2,3)15-35-22-7-6-17(12-28-22)36-21-8-9-31(25(21)34)16-10-18-19(20(27)11-16)13-30(24(18)33)14-23(32)29(4)5/h6-7,10-12,21H,8-9,13-15H2,1-5H3/t21-/m1/s1. The maximum absolute atomic E-state index is 14.9. The Balaban J connectivity index is 1.43. The summed E-state index contributed by atoms with van der Waals surface area (Å²) in [6, 6.07) is 6.15. The van der Waals surface area contributed by atoms with Crippen LogP contribution in [0.4, 0.5) is 10.1 Å². The monoisotopic (exact) mass is 498 g/mol. The third-order valence-electron chi connectivity index (χ3n) is 5.98. The van der Waals surface area contributed by atoms with Crippen LogP contribution in [0.25, 0.3) is 0 Å². The number of fused-ring (bicyclic) bond motifs is 1. The summed E-state index contributed by atoms with van der Waals surface area (Å²) in [6.07, 6.45) is 1.15. The summed E-state index contributed by atoms with van der Waals surface area (Å²) >= 11 is 0. The number of pyridine rings is 1. The Hall–Kier alpha value is -3.69. The van der Waals surface area contributed by atoms with Gasteiger partial charge in [0, 0.05) is 49.9 Å². The lowest BCUT2D eigenvalue weighted by Crippen LogP contribution is -2.36. The van der Waals surface area contributed by atoms with Crippen LogP contribution in [0.3, 0.4) is 0 Å². The largest absolute Gasteiger partial charge is 0.479 e. The molecule has 1 saturated heterocycles. The van der Waals surface area contributed by atoms with Crippen LogP contribution in [0.1, 0.15) is 43.1 Å². The van der Waals surface area contributed by atoms with Gasteiger partial charge in [-0.3, -0.25) is 14.4 Å². The zero-order valence-electron chi connectivity index (χ0n) is 21.2. The number of ether oxygens (including phenoxy) is 2. The van der Waals surface area contributed by atoms with E-state index in [4.69, 9.17) is 9.47 Å². The summed E-state index contributed by atoms with van der Waals surface area (Å²) in [5.41, 5.74) is 0.694. The van der Waals surface area contributed by atoms with E-state index in [-0.39, 0.29) is 41.4 Å². The van der Waals surface area contributed by atoms with Crippen molar-refractivity contribution in [1.29, 1.82) is 0 Å². The smallest absolute Gasteiger partial charge is 0.268 e. The Kier molecular flexibility index (Phi) is 6.88. The van der Waals surface area contributed by atoms with Gasteiger partial charge in [-0.15, -0.1) is 0 Å². The lowest BCUT2D eigenvalue weighted by atomic mass is 9.99. The first-order valence-electron chi connectivity index (χ1n) is 11.8. The third-order valence-corrected chi connectivity index (χ3v) is 5.98. The fourth-order valence-corrected chi connectivity index (χ4v) is 3.99. The predicted octanol–water partition coefficient (Wildman–Crippen LogP) is 2.87. The highest BCUT2D eigenvalue weighted by Crippen LogP contribution is 2.33. The van der Waals surface area contributed by atoms with E-state index < -0.39 is 17.8 Å². The topological polar surface area (TPSA) is 92.3 Å². The molecule has 2 aromatic rings. The van der Waals surface area contributed by atoms with Gasteiger partial charge in [0.05, 0.1) is 19.3 Å². The van der Waals surface area contributed by atoms with Crippen molar-refractivity contribution in [2.75, 3.05) is 38.7 Å². The molecule has 2 aliphatic rings. The molecule has 0 unspecified atom stereocenters. The van der Waals surface area contributed by atoms with Crippen molar-refractivity contribution in [1.82, 2.24) is 14.8 Å². The van der Waals surface area contributed by atoms with E-state index in [0.29, 0.717) is 36.9 Å². The van der Waals surface area contributed by atoms with Crippen LogP contribution in [-0.2, 0) is 16.1 Å². The molecular weight excluding hydrogens is 467 g/mol. The molecule has 0 aliphatic carbocycles. The molecule has 3 amide bonds. The normalized spacial score (nSPS) is 17.4. The summed E-state index contributed by atoms with van der Waals surface area (Å²) in [5, 5.41) is 0. The molecule has 4 rings (SSSR count). The van der Waals surface area contributed by atoms with E-state index in [0.717, 1.165) is 0 Å². The van der Waals surface area contributed by atoms with Gasteiger partial charge in [-0.05, 0) is 23.6 Å². The van der Waals surface area contributed by atoms with Crippen molar-refractivity contribution in [3.63, 3.8) is 0 Å². The van der Waals surface area contributed by atoms with Crippen molar-refractivity contribution in [2.45, 2.75) is 39.8 Å². The van der Waals surface area contributed by atoms with Gasteiger partial charge < -0.3 is 24.2 Å². The predicted molar refractivity (Wildman–Crippen MR) is 130 cm³/mol. The van der Waals surface area contributed by atoms with Crippen molar-refractivity contribution in [3.8, 4) is 11.6 Å². The number of carbonyl (C=O) groups excluding carboxylic acids is 3. The molecule has 0 bridgehead atoms. The van der Waals surface area contributed by atoms with Gasteiger partial charge in [-0.1, -0.05) is 20.8 Å². The minimum atomic E-state index is -0.755. The molecule has 2 aliphatic heterocycles. The molecule has 10 heteroatoms. The second kappa shape index (κ2) is 9.75. The molecule has 36 heavy (non-hydrogen) atoms. The van der Waals surface area contributed by atoms with Crippen molar-refractivity contribution in [2.24, 2.45) is 5.41 Å². The number of hydrogen-bond donors (Lipinski definition) is 0. The number of rotatable bonds is 7. The second-order valence-corrected chi connectivity index (χ2v) is 10.5. The van der Waals surface area contributed by atoms with Gasteiger partial charge in [-0.2, -0.15) is 0 Å². The van der Waals surface area contributed by atoms with Crippen LogP contribution >= 0.6 is 0 Å². The summed E-state index contributed by atoms with van der Waals surface area (Å²) in [5.74, 6) is -0.698. The zero-order valence-corrected chi connectivity index (χ0v) is 21.2. The molecular formula is C26H31FN4O5. The zero-order chi connectivity index (χ0) is 26.2. The quantitative estimate of drug-likeness (QED) is 0.583. The second-order valence-electron chi connectivity index (χ2n) is 10.5. The van der Waals surface area contributed by atoms with Gasteiger partial charge in [0.25, 0.3) is 11.8 Å². The number of carbonyl (C=O) groups is 3. The fourth-order valence-electron chi connectivity index (χ4n) is 3.99. The van der Waals surface area contributed by atoms with Gasteiger partial charge >= 0.3 is 0 Å². The molecule has 9 nitrogen and oxygen atoms in total. The number of hydrogen-bond acceptors (Lipinski definition) is 6. The van der Waals surface area contributed by atoms with E-state index in [2.05, 4.69) is 25.8 Å². The Bertz CT molecular complexity index is 1180. The first-order chi connectivity index (χ1) is 16.9. The molecule has 1 atom stereocenters. The van der Waals surface area contributed by atoms with E-state index in [1.807, 2.05) is 0 Å². The van der Waals surface area contributed by atoms with Crippen molar-refractivity contribution in [3.05, 3.63) is 47.4 Å². The molecule has 1 fully saturated rings. The van der Waals surface area contributed by atoms with Crippen LogP contribution in [0.15, 0.2) is 30.5 Å². The number of halogens is 1. The number of benzene rings is 1. The van der Waals surface area contributed by atoms with Crippen LogP contribution < -0.4 is 14.4 Å². The van der Waals surface area contributed by atoms with Crippen LogP contribution in [0.2, 0.25) is 0 Å². The van der Waals surface area contributed by atoms with Gasteiger partial charge in [-0.25, -0.2) is 9.37 Å². The van der Waals surface area contributed by atoms with Crippen molar-refractivity contribution < 1.29 is 28.2 Å². The van der Waals surface area contributed by atoms with Crippen LogP contribution in [0.5, 0.6) is 11.6 Å². The van der Waals surface area contributed by atoms with Gasteiger partial charge in [0.1, 0.15) is 18.1 Å². The molecule has 0 N–H and O–H groups in total. The first kappa shape index (κ1) is 25.4. The molecule has 192 valence electrons. The lowest BCUT2D eigenvalue weighted by molar-refractivity contribution is -0.129. The average molecular weight is 499 g/mol. The van der Waals surface area contributed by atoms with E-state index in [9.17, 15) is 18.8 Å². The summed E-state index contributed by atoms with van der Waals surface area (Å²) in [7, 11) is 3.19. The molecule has 0 spiro atoms. The highest BCUT2D eigenvalue weighted by atomic mass is 19.1. The van der Waals surface area contributed by atoms with E-state index in [1.165, 1.54) is 33.0 Å². The SMILES string of the molecule is CN(C)C(=O)CN1Cc2c(F)cc(N3CC[C@@H](Oc4ccc(OCC(C)(C)C)nc4)C3=O)cc2C1=O. The molecule has 0 saturated carbocycles. The number of amides is 3. The minimum absolute atomic E-state index is 0.000153. The van der Waals surface area contributed by atoms with Crippen LogP contribution in [0, 0.1) is 11.2 Å². The highest BCUT2D eigenvalue weighted by molar-refractivity contribution is 6.03. The summed E-state index contributed by atoms with van der Waals surface area (Å²) in [6.45, 7) is 6.90. The number of likely N-dealkylation sites (N-methyl/N-ethyl adjacent to an activating group) is 1.